The van der Waals surface area contributed by atoms with Gasteiger partial charge in [0.25, 0.3) is 11.8 Å². The molecule has 3 rings (SSSR count). The fourth-order valence-corrected chi connectivity index (χ4v) is 3.00. The van der Waals surface area contributed by atoms with Crippen LogP contribution in [0, 0.1) is 0 Å². The van der Waals surface area contributed by atoms with E-state index in [2.05, 4.69) is 10.3 Å². The summed E-state index contributed by atoms with van der Waals surface area (Å²) in [4.78, 5) is 41.4. The lowest BCUT2D eigenvalue weighted by Crippen LogP contribution is -2.32. The molecule has 0 saturated carbocycles. The van der Waals surface area contributed by atoms with E-state index < -0.39 is 0 Å². The average Bonchev–Trinajstić information content (AvgIpc) is 3.16. The Morgan fingerprint density at radius 1 is 1.17 bits per heavy atom. The van der Waals surface area contributed by atoms with E-state index in [-0.39, 0.29) is 30.7 Å². The Bertz CT molecular complexity index is 708. The van der Waals surface area contributed by atoms with E-state index in [0.29, 0.717) is 24.1 Å². The van der Waals surface area contributed by atoms with Crippen LogP contribution < -0.4 is 5.32 Å². The maximum atomic E-state index is 12.2. The lowest BCUT2D eigenvalue weighted by molar-refractivity contribution is -0.121. The highest BCUT2D eigenvalue weighted by Crippen LogP contribution is 2.22. The van der Waals surface area contributed by atoms with Gasteiger partial charge in [-0.15, -0.1) is 11.3 Å². The van der Waals surface area contributed by atoms with Crippen LogP contribution in [-0.2, 0) is 11.3 Å². The molecule has 0 unspecified atom stereocenters. The molecule has 0 radical (unpaired) electrons. The van der Waals surface area contributed by atoms with Crippen molar-refractivity contribution in [3.8, 4) is 0 Å². The molecule has 0 aliphatic carbocycles. The molecule has 1 N–H and O–H groups in total. The van der Waals surface area contributed by atoms with Gasteiger partial charge in [-0.25, -0.2) is 4.98 Å². The van der Waals surface area contributed by atoms with Crippen LogP contribution in [0.3, 0.4) is 0 Å². The van der Waals surface area contributed by atoms with Crippen molar-refractivity contribution in [2.24, 2.45) is 0 Å². The Morgan fingerprint density at radius 3 is 2.48 bits per heavy atom. The van der Waals surface area contributed by atoms with E-state index in [0.717, 1.165) is 5.69 Å². The van der Waals surface area contributed by atoms with Gasteiger partial charge in [-0.3, -0.25) is 19.3 Å². The maximum absolute atomic E-state index is 12.2. The number of aromatic nitrogens is 1. The monoisotopic (exact) mass is 329 g/mol. The Morgan fingerprint density at radius 2 is 1.87 bits per heavy atom. The summed E-state index contributed by atoms with van der Waals surface area (Å²) in [6.45, 7) is 0.645. The Labute approximate surface area is 137 Å². The zero-order chi connectivity index (χ0) is 16.2. The normalized spacial score (nSPS) is 13.3. The molecule has 1 aromatic carbocycles. The fourth-order valence-electron chi connectivity index (χ4n) is 2.44. The van der Waals surface area contributed by atoms with Gasteiger partial charge in [0, 0.05) is 18.3 Å². The second-order valence-corrected chi connectivity index (χ2v) is 5.89. The van der Waals surface area contributed by atoms with Crippen LogP contribution in [0.25, 0.3) is 0 Å². The highest BCUT2D eigenvalue weighted by Gasteiger charge is 2.34. The smallest absolute Gasteiger partial charge is 0.261 e. The number of fused-ring (bicyclic) bond motifs is 1. The first-order valence-electron chi connectivity index (χ1n) is 7.26. The van der Waals surface area contributed by atoms with Gasteiger partial charge in [-0.2, -0.15) is 0 Å². The number of nitrogens with zero attached hydrogens (tertiary/aromatic N) is 2. The number of rotatable bonds is 6. The summed E-state index contributed by atoms with van der Waals surface area (Å²) in [5.41, 5.74) is 3.41. The molecule has 23 heavy (non-hydrogen) atoms. The van der Waals surface area contributed by atoms with Crippen molar-refractivity contribution in [2.75, 3.05) is 6.54 Å². The van der Waals surface area contributed by atoms with Gasteiger partial charge < -0.3 is 5.32 Å². The molecule has 0 saturated heterocycles. The number of hydrogen-bond donors (Lipinski definition) is 1. The topological polar surface area (TPSA) is 79.4 Å². The van der Waals surface area contributed by atoms with Crippen LogP contribution in [0.1, 0.15) is 39.3 Å². The number of benzene rings is 1. The maximum Gasteiger partial charge on any atom is 0.261 e. The summed E-state index contributed by atoms with van der Waals surface area (Å²) in [6.07, 6.45) is 0.700. The van der Waals surface area contributed by atoms with E-state index in [9.17, 15) is 14.4 Å². The van der Waals surface area contributed by atoms with Gasteiger partial charge in [-0.05, 0) is 18.6 Å². The van der Waals surface area contributed by atoms with Crippen LogP contribution >= 0.6 is 11.3 Å². The lowest BCUT2D eigenvalue weighted by Gasteiger charge is -2.13. The number of carbonyl (C=O) groups excluding carboxylic acids is 3. The van der Waals surface area contributed by atoms with Gasteiger partial charge in [0.1, 0.15) is 0 Å². The van der Waals surface area contributed by atoms with Crippen LogP contribution in [0.5, 0.6) is 0 Å². The minimum atomic E-state index is -0.284. The first kappa shape index (κ1) is 15.4. The van der Waals surface area contributed by atoms with Crippen LogP contribution in [0.4, 0.5) is 0 Å². The quantitative estimate of drug-likeness (QED) is 0.820. The fraction of sp³-hybridized carbons (Fsp3) is 0.250. The van der Waals surface area contributed by atoms with Gasteiger partial charge in [0.15, 0.2) is 0 Å². The third-order valence-corrected chi connectivity index (χ3v) is 4.25. The molecule has 3 amide bonds. The van der Waals surface area contributed by atoms with E-state index in [4.69, 9.17) is 0 Å². The number of nitrogens with one attached hydrogen (secondary N) is 1. The average molecular weight is 329 g/mol. The molecule has 6 nitrogen and oxygen atoms in total. The van der Waals surface area contributed by atoms with Gasteiger partial charge in [-0.1, -0.05) is 12.1 Å². The molecule has 1 aliphatic heterocycles. The molecule has 7 heteroatoms. The zero-order valence-corrected chi connectivity index (χ0v) is 13.1. The molecular weight excluding hydrogens is 314 g/mol. The van der Waals surface area contributed by atoms with Crippen molar-refractivity contribution in [2.45, 2.75) is 19.4 Å². The summed E-state index contributed by atoms with van der Waals surface area (Å²) in [5, 5.41) is 4.64. The van der Waals surface area contributed by atoms with Gasteiger partial charge in [0.05, 0.1) is 28.9 Å². The zero-order valence-electron chi connectivity index (χ0n) is 12.3. The standard InChI is InChI=1S/C16H15N3O3S/c20-14(17-8-11-9-23-10-18-11)6-3-7-19-15(21)12-4-1-2-5-13(12)16(19)22/h1-2,4-5,9-10H,3,6-8H2,(H,17,20). The lowest BCUT2D eigenvalue weighted by atomic mass is 10.1. The molecule has 2 aromatic rings. The number of carbonyl (C=O) groups is 3. The molecule has 0 spiro atoms. The number of hydrogen-bond acceptors (Lipinski definition) is 5. The molecule has 118 valence electrons. The first-order valence-corrected chi connectivity index (χ1v) is 8.20. The summed E-state index contributed by atoms with van der Waals surface area (Å²) in [5.74, 6) is -0.684. The molecule has 0 atom stereocenters. The van der Waals surface area contributed by atoms with E-state index in [1.165, 1.54) is 16.2 Å². The van der Waals surface area contributed by atoms with E-state index in [1.807, 2.05) is 5.38 Å². The van der Waals surface area contributed by atoms with Crippen molar-refractivity contribution in [3.63, 3.8) is 0 Å². The summed E-state index contributed by atoms with van der Waals surface area (Å²) >= 11 is 1.48. The minimum absolute atomic E-state index is 0.116. The predicted molar refractivity (Wildman–Crippen MR) is 85.0 cm³/mol. The van der Waals surface area contributed by atoms with Crippen LogP contribution in [-0.4, -0.2) is 34.2 Å². The third kappa shape index (κ3) is 3.29. The second-order valence-electron chi connectivity index (χ2n) is 5.17. The Balaban J connectivity index is 1.47. The van der Waals surface area contributed by atoms with Crippen molar-refractivity contribution in [3.05, 3.63) is 52.0 Å². The molecule has 1 aliphatic rings. The Hall–Kier alpha value is -2.54. The van der Waals surface area contributed by atoms with Crippen molar-refractivity contribution >= 4 is 29.1 Å². The van der Waals surface area contributed by atoms with E-state index in [1.54, 1.807) is 29.8 Å². The van der Waals surface area contributed by atoms with Crippen LogP contribution in [0.2, 0.25) is 0 Å². The highest BCUT2D eigenvalue weighted by molar-refractivity contribution is 7.07. The molecule has 0 bridgehead atoms. The van der Waals surface area contributed by atoms with Crippen LogP contribution in [0.15, 0.2) is 35.2 Å². The summed E-state index contributed by atoms with van der Waals surface area (Å²) < 4.78 is 0. The van der Waals surface area contributed by atoms with Crippen molar-refractivity contribution in [1.29, 1.82) is 0 Å². The molecular formula is C16H15N3O3S. The van der Waals surface area contributed by atoms with Crippen molar-refractivity contribution in [1.82, 2.24) is 15.2 Å². The van der Waals surface area contributed by atoms with E-state index >= 15 is 0 Å². The summed E-state index contributed by atoms with van der Waals surface area (Å²) in [6, 6.07) is 6.77. The third-order valence-electron chi connectivity index (χ3n) is 3.61. The number of imide groups is 1. The van der Waals surface area contributed by atoms with Crippen molar-refractivity contribution < 1.29 is 14.4 Å². The first-order chi connectivity index (χ1) is 11.2. The molecule has 0 fully saturated rings. The Kier molecular flexibility index (Phi) is 4.47. The predicted octanol–water partition coefficient (Wildman–Crippen LogP) is 1.84. The number of thiazole rings is 1. The molecule has 2 heterocycles. The summed E-state index contributed by atoms with van der Waals surface area (Å²) in [7, 11) is 0. The number of amides is 3. The molecule has 1 aromatic heterocycles. The SMILES string of the molecule is O=C(CCCN1C(=O)c2ccccc2C1=O)NCc1cscn1. The highest BCUT2D eigenvalue weighted by atomic mass is 32.1. The second kappa shape index (κ2) is 6.70. The van der Waals surface area contributed by atoms with Gasteiger partial charge in [0.2, 0.25) is 5.91 Å². The minimum Gasteiger partial charge on any atom is -0.350 e. The largest absolute Gasteiger partial charge is 0.350 e. The van der Waals surface area contributed by atoms with Gasteiger partial charge >= 0.3 is 0 Å².